The first-order chi connectivity index (χ1) is 23.7. The van der Waals surface area contributed by atoms with Crippen molar-refractivity contribution < 1.29 is 41.8 Å². The first-order valence-corrected chi connectivity index (χ1v) is 19.5. The number of sulfonamides is 1. The van der Waals surface area contributed by atoms with Gasteiger partial charge in [0.05, 0.1) is 29.1 Å². The lowest BCUT2D eigenvalue weighted by Gasteiger charge is -2.30. The number of amides is 4. The Morgan fingerprint density at radius 1 is 1.12 bits per heavy atom. The van der Waals surface area contributed by atoms with Gasteiger partial charge in [0.1, 0.15) is 35.1 Å². The molecular formula is C34H45N5O9S2. The summed E-state index contributed by atoms with van der Waals surface area (Å²) in [5.41, 5.74) is -1.57. The number of rotatable bonds is 7. The second-order valence-electron chi connectivity index (χ2n) is 14.5. The minimum Gasteiger partial charge on any atom is -0.497 e. The van der Waals surface area contributed by atoms with E-state index in [2.05, 4.69) is 20.3 Å². The molecule has 2 aliphatic carbocycles. The van der Waals surface area contributed by atoms with Crippen molar-refractivity contribution in [2.75, 3.05) is 13.7 Å². The van der Waals surface area contributed by atoms with Gasteiger partial charge in [-0.15, -0.1) is 0 Å². The fourth-order valence-corrected chi connectivity index (χ4v) is 8.77. The number of alkyl carbamates (subject to hydrolysis) is 1. The maximum Gasteiger partial charge on any atom is 0.408 e. The number of ether oxygens (including phenoxy) is 3. The van der Waals surface area contributed by atoms with E-state index in [1.165, 1.54) is 16.2 Å². The van der Waals surface area contributed by atoms with Crippen LogP contribution >= 0.6 is 11.3 Å². The van der Waals surface area contributed by atoms with Crippen LogP contribution < -0.4 is 24.8 Å². The number of aromatic nitrogens is 1. The van der Waals surface area contributed by atoms with E-state index >= 15 is 0 Å². The maximum absolute atomic E-state index is 14.3. The average molecular weight is 732 g/mol. The molecule has 0 unspecified atom stereocenters. The Hall–Kier alpha value is -3.92. The number of methoxy groups -OCH3 is 1. The molecular weight excluding hydrogens is 687 g/mol. The van der Waals surface area contributed by atoms with E-state index in [-0.39, 0.29) is 19.4 Å². The molecule has 2 saturated carbocycles. The molecule has 50 heavy (non-hydrogen) atoms. The Labute approximate surface area is 295 Å². The predicted molar refractivity (Wildman–Crippen MR) is 185 cm³/mol. The molecule has 0 bridgehead atoms. The van der Waals surface area contributed by atoms with Crippen LogP contribution in [0.15, 0.2) is 30.4 Å². The molecule has 14 nitrogen and oxygen atoms in total. The van der Waals surface area contributed by atoms with E-state index in [0.29, 0.717) is 48.6 Å². The number of hydrogen-bond acceptors (Lipinski definition) is 11. The van der Waals surface area contributed by atoms with Crippen LogP contribution in [0.3, 0.4) is 0 Å². The smallest absolute Gasteiger partial charge is 0.408 e. The minimum absolute atomic E-state index is 0.0151. The Bertz CT molecular complexity index is 1780. The van der Waals surface area contributed by atoms with Crippen molar-refractivity contribution in [1.82, 2.24) is 25.2 Å². The molecule has 1 aromatic heterocycles. The molecule has 4 aliphatic rings. The van der Waals surface area contributed by atoms with Gasteiger partial charge in [0.15, 0.2) is 0 Å². The topological polar surface area (TPSA) is 182 Å². The van der Waals surface area contributed by atoms with Crippen LogP contribution in [0.4, 0.5) is 4.79 Å². The third kappa shape index (κ3) is 8.17. The van der Waals surface area contributed by atoms with Gasteiger partial charge in [0.25, 0.3) is 11.1 Å². The molecule has 4 amide bonds. The van der Waals surface area contributed by atoms with Gasteiger partial charge in [-0.2, -0.15) is 0 Å². The normalized spacial score (nSPS) is 28.3. The Kier molecular flexibility index (Phi) is 10.1. The van der Waals surface area contributed by atoms with Gasteiger partial charge >= 0.3 is 6.09 Å². The van der Waals surface area contributed by atoms with Gasteiger partial charge < -0.3 is 29.7 Å². The molecule has 3 fully saturated rings. The van der Waals surface area contributed by atoms with Crippen LogP contribution in [-0.4, -0.2) is 90.3 Å². The van der Waals surface area contributed by atoms with Gasteiger partial charge in [-0.25, -0.2) is 18.2 Å². The molecule has 1 saturated heterocycles. The summed E-state index contributed by atoms with van der Waals surface area (Å²) >= 11 is 1.30. The monoisotopic (exact) mass is 731 g/mol. The number of thiazole rings is 1. The summed E-state index contributed by atoms with van der Waals surface area (Å²) in [5.74, 6) is -1.62. The Morgan fingerprint density at radius 2 is 1.90 bits per heavy atom. The van der Waals surface area contributed by atoms with Crippen molar-refractivity contribution in [3.05, 3.63) is 30.4 Å². The zero-order valence-corrected chi connectivity index (χ0v) is 30.4. The highest BCUT2D eigenvalue weighted by molar-refractivity contribution is 7.91. The second-order valence-corrected chi connectivity index (χ2v) is 17.5. The van der Waals surface area contributed by atoms with E-state index in [1.54, 1.807) is 33.9 Å². The molecule has 3 heterocycles. The number of allylic oxidation sites excluding steroid dienone is 1. The molecule has 0 radical (unpaired) electrons. The molecule has 1 aromatic carbocycles. The zero-order chi connectivity index (χ0) is 35.8. The van der Waals surface area contributed by atoms with Crippen molar-refractivity contribution in [2.45, 2.75) is 113 Å². The first kappa shape index (κ1) is 35.9. The quantitative estimate of drug-likeness (QED) is 0.356. The van der Waals surface area contributed by atoms with E-state index in [1.807, 2.05) is 24.3 Å². The minimum atomic E-state index is -3.87. The second kappa shape index (κ2) is 14.0. The molecule has 16 heteroatoms. The molecule has 3 N–H and O–H groups in total. The number of carbonyl (C=O) groups excluding carboxylic acids is 4. The summed E-state index contributed by atoms with van der Waals surface area (Å²) in [5, 5.41) is 5.33. The Balaban J connectivity index is 1.28. The molecule has 0 spiro atoms. The van der Waals surface area contributed by atoms with Crippen LogP contribution in [0.5, 0.6) is 10.9 Å². The largest absolute Gasteiger partial charge is 0.497 e. The third-order valence-electron chi connectivity index (χ3n) is 9.38. The molecule has 5 atom stereocenters. The Morgan fingerprint density at radius 3 is 2.62 bits per heavy atom. The van der Waals surface area contributed by atoms with Gasteiger partial charge in [-0.3, -0.25) is 19.1 Å². The van der Waals surface area contributed by atoms with Crippen molar-refractivity contribution in [3.63, 3.8) is 0 Å². The highest BCUT2D eigenvalue weighted by Crippen LogP contribution is 2.46. The van der Waals surface area contributed by atoms with Gasteiger partial charge in [-0.1, -0.05) is 36.3 Å². The number of carbonyl (C=O) groups is 4. The van der Waals surface area contributed by atoms with E-state index in [4.69, 9.17) is 14.2 Å². The number of nitrogens with one attached hydrogen (secondary N) is 3. The highest BCUT2D eigenvalue weighted by Gasteiger charge is 2.62. The highest BCUT2D eigenvalue weighted by atomic mass is 32.2. The molecule has 2 aromatic rings. The summed E-state index contributed by atoms with van der Waals surface area (Å²) in [4.78, 5) is 61.0. The van der Waals surface area contributed by atoms with Crippen LogP contribution in [-0.2, 0) is 29.1 Å². The fourth-order valence-electron chi connectivity index (χ4n) is 6.50. The van der Waals surface area contributed by atoms with Crippen molar-refractivity contribution in [3.8, 4) is 10.9 Å². The fraction of sp³-hybridized carbons (Fsp3) is 0.618. The van der Waals surface area contributed by atoms with Gasteiger partial charge in [0, 0.05) is 12.3 Å². The summed E-state index contributed by atoms with van der Waals surface area (Å²) in [7, 11) is -2.30. The lowest BCUT2D eigenvalue weighted by Crippen LogP contribution is -2.58. The van der Waals surface area contributed by atoms with Crippen LogP contribution in [0.1, 0.15) is 78.6 Å². The van der Waals surface area contributed by atoms with E-state index < -0.39 is 74.3 Å². The summed E-state index contributed by atoms with van der Waals surface area (Å²) in [6, 6.07) is 3.39. The SMILES string of the molecule is COc1ccc2nc(O[C@@H]3C[C@H]4C(=O)N[C@]5(C(=O)NS(=O)(=O)C6CC6)C[C@H]5/C=C\CCCCC[C@H](NC(=O)OC(C)(C)C)C(=O)N4C3)sc2c1. The number of benzene rings is 1. The summed E-state index contributed by atoms with van der Waals surface area (Å²) in [6.45, 7) is 5.20. The molecule has 2 aliphatic heterocycles. The maximum atomic E-state index is 14.3. The van der Waals surface area contributed by atoms with Gasteiger partial charge in [0.2, 0.25) is 21.8 Å². The van der Waals surface area contributed by atoms with Crippen molar-refractivity contribution in [2.24, 2.45) is 5.92 Å². The van der Waals surface area contributed by atoms with Crippen LogP contribution in [0, 0.1) is 5.92 Å². The summed E-state index contributed by atoms with van der Waals surface area (Å²) < 4.78 is 45.6. The zero-order valence-electron chi connectivity index (χ0n) is 28.7. The van der Waals surface area contributed by atoms with Crippen molar-refractivity contribution >= 4 is 55.4 Å². The standard InChI is InChI=1S/C34H45N5O9S2/c1-33(2,3)48-31(43)35-25-11-9-7-5-6-8-10-20-18-34(20,30(42)38-50(44,45)23-13-14-23)37-28(40)26-16-22(19-39(26)29(25)41)47-32-36-24-15-12-21(46-4)17-27(24)49-32/h8,10,12,15,17,20,22-23,25-26H,5-7,9,11,13-14,16,18-19H2,1-4H3,(H,35,43)(H,37,40)(H,38,42)/b10-8-/t20-,22-,25+,26+,34-/m1/s1. The lowest BCUT2D eigenvalue weighted by atomic mass is 10.0. The van der Waals surface area contributed by atoms with E-state index in [0.717, 1.165) is 17.5 Å². The third-order valence-corrected chi connectivity index (χ3v) is 12.1. The van der Waals surface area contributed by atoms with Gasteiger partial charge in [-0.05, 0) is 77.5 Å². The first-order valence-electron chi connectivity index (χ1n) is 17.1. The average Bonchev–Trinajstić information content (AvgIpc) is 3.93. The van der Waals surface area contributed by atoms with Crippen molar-refractivity contribution in [1.29, 1.82) is 0 Å². The molecule has 272 valence electrons. The lowest BCUT2D eigenvalue weighted by molar-refractivity contribution is -0.141. The molecule has 6 rings (SSSR count). The number of hydrogen-bond donors (Lipinski definition) is 3. The van der Waals surface area contributed by atoms with Crippen LogP contribution in [0.2, 0.25) is 0 Å². The van der Waals surface area contributed by atoms with E-state index in [9.17, 15) is 27.6 Å². The number of fused-ring (bicyclic) bond motifs is 3. The van der Waals surface area contributed by atoms with Crippen LogP contribution in [0.25, 0.3) is 10.2 Å². The predicted octanol–water partition coefficient (Wildman–Crippen LogP) is 3.55. The summed E-state index contributed by atoms with van der Waals surface area (Å²) in [6.07, 6.45) is 6.91. The number of nitrogens with zero attached hydrogens (tertiary/aromatic N) is 2.